The van der Waals surface area contributed by atoms with E-state index in [9.17, 15) is 14.4 Å². The van der Waals surface area contributed by atoms with Crippen LogP contribution in [0.5, 0.6) is 0 Å². The Labute approximate surface area is 136 Å². The van der Waals surface area contributed by atoms with E-state index in [2.05, 4.69) is 5.32 Å². The summed E-state index contributed by atoms with van der Waals surface area (Å²) in [5.41, 5.74) is 1.17. The molecule has 1 aromatic rings. The first kappa shape index (κ1) is 17.0. The molecule has 0 spiro atoms. The smallest absolute Gasteiger partial charge is 0.241 e. The summed E-state index contributed by atoms with van der Waals surface area (Å²) in [6, 6.07) is 9.95. The highest BCUT2D eigenvalue weighted by Crippen LogP contribution is 2.18. The van der Waals surface area contributed by atoms with E-state index < -0.39 is 0 Å². The molecule has 6 heteroatoms. The fourth-order valence-corrected chi connectivity index (χ4v) is 2.54. The molecular formula is C17H23N3O3. The predicted octanol–water partition coefficient (Wildman–Crippen LogP) is 0.282. The zero-order valence-corrected chi connectivity index (χ0v) is 13.6. The number of amides is 3. The van der Waals surface area contributed by atoms with Gasteiger partial charge in [0.05, 0.1) is 12.5 Å². The van der Waals surface area contributed by atoms with Crippen molar-refractivity contribution < 1.29 is 14.4 Å². The third kappa shape index (κ3) is 4.81. The van der Waals surface area contributed by atoms with Gasteiger partial charge in [-0.3, -0.25) is 14.4 Å². The van der Waals surface area contributed by atoms with E-state index in [1.807, 2.05) is 30.3 Å². The maximum Gasteiger partial charge on any atom is 0.241 e. The van der Waals surface area contributed by atoms with Crippen LogP contribution in [-0.2, 0) is 20.8 Å². The van der Waals surface area contributed by atoms with Crippen molar-refractivity contribution >= 4 is 17.7 Å². The second-order valence-electron chi connectivity index (χ2n) is 5.98. The van der Waals surface area contributed by atoms with Crippen LogP contribution in [0.2, 0.25) is 0 Å². The molecule has 6 nitrogen and oxygen atoms in total. The maximum atomic E-state index is 12.1. The molecule has 1 heterocycles. The minimum atomic E-state index is -0.367. The summed E-state index contributed by atoms with van der Waals surface area (Å²) in [6.07, 6.45) is 0.997. The van der Waals surface area contributed by atoms with Crippen LogP contribution in [0.15, 0.2) is 30.3 Å². The maximum absolute atomic E-state index is 12.1. The number of likely N-dealkylation sites (N-methyl/N-ethyl adjacent to an activating group) is 1. The van der Waals surface area contributed by atoms with Crippen LogP contribution in [-0.4, -0.2) is 61.3 Å². The highest BCUT2D eigenvalue weighted by Gasteiger charge is 2.34. The Bertz CT molecular complexity index is 572. The van der Waals surface area contributed by atoms with Gasteiger partial charge in [-0.2, -0.15) is 0 Å². The van der Waals surface area contributed by atoms with Crippen molar-refractivity contribution in [1.82, 2.24) is 15.1 Å². The molecule has 1 N–H and O–H groups in total. The second-order valence-corrected chi connectivity index (χ2v) is 5.98. The van der Waals surface area contributed by atoms with Crippen molar-refractivity contribution in [2.75, 3.05) is 33.7 Å². The summed E-state index contributed by atoms with van der Waals surface area (Å²) in [5.74, 6) is -0.757. The second kappa shape index (κ2) is 7.76. The Kier molecular flexibility index (Phi) is 5.73. The fourth-order valence-electron chi connectivity index (χ4n) is 2.54. The summed E-state index contributed by atoms with van der Waals surface area (Å²) in [7, 11) is 3.28. The molecule has 1 aliphatic heterocycles. The van der Waals surface area contributed by atoms with Gasteiger partial charge in [-0.05, 0) is 12.0 Å². The van der Waals surface area contributed by atoms with Crippen molar-refractivity contribution in [1.29, 1.82) is 0 Å². The number of carbonyl (C=O) groups excluding carboxylic acids is 3. The molecule has 124 valence electrons. The third-order valence-corrected chi connectivity index (χ3v) is 4.01. The molecule has 1 atom stereocenters. The molecule has 1 fully saturated rings. The lowest BCUT2D eigenvalue weighted by molar-refractivity contribution is -0.132. The summed E-state index contributed by atoms with van der Waals surface area (Å²) >= 11 is 0. The number of nitrogens with one attached hydrogen (secondary N) is 1. The normalized spacial score (nSPS) is 17.2. The Morgan fingerprint density at radius 1 is 1.26 bits per heavy atom. The molecule has 0 aromatic heterocycles. The summed E-state index contributed by atoms with van der Waals surface area (Å²) in [6.45, 7) is 1.01. The van der Waals surface area contributed by atoms with Crippen LogP contribution in [0, 0.1) is 5.92 Å². The average molecular weight is 317 g/mol. The van der Waals surface area contributed by atoms with Gasteiger partial charge >= 0.3 is 0 Å². The largest absolute Gasteiger partial charge is 0.347 e. The Hall–Kier alpha value is -2.37. The number of rotatable bonds is 6. The molecular weight excluding hydrogens is 294 g/mol. The first-order chi connectivity index (χ1) is 11.0. The van der Waals surface area contributed by atoms with Crippen molar-refractivity contribution in [3.8, 4) is 0 Å². The zero-order valence-electron chi connectivity index (χ0n) is 13.6. The lowest BCUT2D eigenvalue weighted by Crippen LogP contribution is -2.40. The van der Waals surface area contributed by atoms with E-state index in [1.54, 1.807) is 19.0 Å². The zero-order chi connectivity index (χ0) is 16.8. The van der Waals surface area contributed by atoms with E-state index >= 15 is 0 Å². The van der Waals surface area contributed by atoms with Crippen LogP contribution in [0.25, 0.3) is 0 Å². The summed E-state index contributed by atoms with van der Waals surface area (Å²) < 4.78 is 0. The summed E-state index contributed by atoms with van der Waals surface area (Å²) in [5, 5.41) is 2.61. The molecule has 1 aromatic carbocycles. The standard InChI is InChI=1S/C17H23N3O3/c1-19(2)16(22)11-18-17(23)14-10-15(21)20(12-14)9-8-13-6-4-3-5-7-13/h3-7,14H,8-12H2,1-2H3,(H,18,23)/t14-/m1/s1. The van der Waals surface area contributed by atoms with Gasteiger partial charge in [0.25, 0.3) is 0 Å². The highest BCUT2D eigenvalue weighted by molar-refractivity contribution is 5.91. The van der Waals surface area contributed by atoms with Crippen LogP contribution in [0.1, 0.15) is 12.0 Å². The lowest BCUT2D eigenvalue weighted by Gasteiger charge is -2.17. The number of hydrogen-bond acceptors (Lipinski definition) is 3. The molecule has 2 rings (SSSR count). The van der Waals surface area contributed by atoms with Crippen LogP contribution in [0.4, 0.5) is 0 Å². The Morgan fingerprint density at radius 2 is 1.96 bits per heavy atom. The number of likely N-dealkylation sites (tertiary alicyclic amines) is 1. The average Bonchev–Trinajstić information content (AvgIpc) is 2.92. The van der Waals surface area contributed by atoms with E-state index in [-0.39, 0.29) is 36.6 Å². The van der Waals surface area contributed by atoms with Crippen molar-refractivity contribution in [3.63, 3.8) is 0 Å². The van der Waals surface area contributed by atoms with Crippen molar-refractivity contribution in [2.24, 2.45) is 5.92 Å². The molecule has 0 radical (unpaired) electrons. The molecule has 1 aliphatic rings. The van der Waals surface area contributed by atoms with Gasteiger partial charge in [-0.15, -0.1) is 0 Å². The molecule has 3 amide bonds. The molecule has 23 heavy (non-hydrogen) atoms. The van der Waals surface area contributed by atoms with Gasteiger partial charge < -0.3 is 15.1 Å². The topological polar surface area (TPSA) is 69.7 Å². The SMILES string of the molecule is CN(C)C(=O)CNC(=O)[C@@H]1CC(=O)N(CCc2ccccc2)C1. The minimum absolute atomic E-state index is 0.0000160. The molecule has 0 saturated carbocycles. The van der Waals surface area contributed by atoms with E-state index in [0.717, 1.165) is 6.42 Å². The quantitative estimate of drug-likeness (QED) is 0.819. The van der Waals surface area contributed by atoms with E-state index in [1.165, 1.54) is 10.5 Å². The van der Waals surface area contributed by atoms with E-state index in [4.69, 9.17) is 0 Å². The van der Waals surface area contributed by atoms with Gasteiger partial charge in [-0.1, -0.05) is 30.3 Å². The fraction of sp³-hybridized carbons (Fsp3) is 0.471. The third-order valence-electron chi connectivity index (χ3n) is 4.01. The molecule has 0 unspecified atom stereocenters. The molecule has 1 saturated heterocycles. The Morgan fingerprint density at radius 3 is 2.61 bits per heavy atom. The van der Waals surface area contributed by atoms with Gasteiger partial charge in [0, 0.05) is 33.6 Å². The number of benzene rings is 1. The van der Waals surface area contributed by atoms with Gasteiger partial charge in [0.15, 0.2) is 0 Å². The summed E-state index contributed by atoms with van der Waals surface area (Å²) in [4.78, 5) is 38.7. The van der Waals surface area contributed by atoms with Gasteiger partial charge in [0.2, 0.25) is 17.7 Å². The van der Waals surface area contributed by atoms with Gasteiger partial charge in [0.1, 0.15) is 0 Å². The molecule has 0 bridgehead atoms. The first-order valence-corrected chi connectivity index (χ1v) is 7.77. The number of carbonyl (C=O) groups is 3. The predicted molar refractivity (Wildman–Crippen MR) is 86.5 cm³/mol. The van der Waals surface area contributed by atoms with Crippen LogP contribution in [0.3, 0.4) is 0 Å². The highest BCUT2D eigenvalue weighted by atomic mass is 16.2. The van der Waals surface area contributed by atoms with E-state index in [0.29, 0.717) is 13.1 Å². The van der Waals surface area contributed by atoms with Crippen molar-refractivity contribution in [2.45, 2.75) is 12.8 Å². The number of hydrogen-bond donors (Lipinski definition) is 1. The van der Waals surface area contributed by atoms with Crippen molar-refractivity contribution in [3.05, 3.63) is 35.9 Å². The van der Waals surface area contributed by atoms with Gasteiger partial charge in [-0.25, -0.2) is 0 Å². The van der Waals surface area contributed by atoms with Crippen LogP contribution >= 0.6 is 0 Å². The first-order valence-electron chi connectivity index (χ1n) is 7.77. The monoisotopic (exact) mass is 317 g/mol. The van der Waals surface area contributed by atoms with Crippen LogP contribution < -0.4 is 5.32 Å². The number of nitrogens with zero attached hydrogens (tertiary/aromatic N) is 2. The lowest BCUT2D eigenvalue weighted by atomic mass is 10.1. The minimum Gasteiger partial charge on any atom is -0.347 e. The molecule has 0 aliphatic carbocycles. The Balaban J connectivity index is 1.80.